The zero-order valence-corrected chi connectivity index (χ0v) is 16.3. The largest absolute Gasteiger partial charge is 0.497 e. The highest BCUT2D eigenvalue weighted by atomic mass is 16.5. The Bertz CT molecular complexity index is 955. The zero-order chi connectivity index (χ0) is 19.9. The van der Waals surface area contributed by atoms with Crippen LogP contribution in [0.5, 0.6) is 5.75 Å². The molecule has 6 heteroatoms. The van der Waals surface area contributed by atoms with E-state index in [0.29, 0.717) is 24.7 Å². The lowest BCUT2D eigenvalue weighted by molar-refractivity contribution is 0.0945. The monoisotopic (exact) mass is 376 g/mol. The van der Waals surface area contributed by atoms with Crippen LogP contribution in [0.1, 0.15) is 32.9 Å². The number of aryl methyl sites for hydroxylation is 2. The third-order valence-electron chi connectivity index (χ3n) is 4.40. The van der Waals surface area contributed by atoms with E-state index in [4.69, 9.17) is 4.74 Å². The highest BCUT2D eigenvalue weighted by Gasteiger charge is 2.11. The molecule has 2 aromatic carbocycles. The summed E-state index contributed by atoms with van der Waals surface area (Å²) in [5.74, 6) is 0.990. The fraction of sp³-hybridized carbons (Fsp3) is 0.227. The summed E-state index contributed by atoms with van der Waals surface area (Å²) in [5, 5.41) is 6.10. The fourth-order valence-corrected chi connectivity index (χ4v) is 2.76. The van der Waals surface area contributed by atoms with Gasteiger partial charge in [0.05, 0.1) is 7.11 Å². The van der Waals surface area contributed by atoms with Crippen LogP contribution in [0.15, 0.2) is 54.6 Å². The molecule has 0 aliphatic heterocycles. The number of ether oxygens (including phenoxy) is 1. The molecule has 0 aliphatic carbocycles. The first kappa shape index (κ1) is 19.4. The van der Waals surface area contributed by atoms with Crippen molar-refractivity contribution in [3.05, 3.63) is 82.7 Å². The van der Waals surface area contributed by atoms with Gasteiger partial charge in [-0.05, 0) is 48.7 Å². The van der Waals surface area contributed by atoms with Gasteiger partial charge in [0, 0.05) is 18.8 Å². The van der Waals surface area contributed by atoms with E-state index in [-0.39, 0.29) is 5.91 Å². The van der Waals surface area contributed by atoms with Crippen LogP contribution in [0.3, 0.4) is 0 Å². The molecule has 144 valence electrons. The topological polar surface area (TPSA) is 76.1 Å². The van der Waals surface area contributed by atoms with Gasteiger partial charge in [-0.25, -0.2) is 9.97 Å². The van der Waals surface area contributed by atoms with E-state index in [2.05, 4.69) is 39.7 Å². The van der Waals surface area contributed by atoms with Crippen molar-refractivity contribution < 1.29 is 9.53 Å². The number of amides is 1. The lowest BCUT2D eigenvalue weighted by Gasteiger charge is -2.10. The second kappa shape index (κ2) is 8.99. The third-order valence-corrected chi connectivity index (χ3v) is 4.40. The Kier molecular flexibility index (Phi) is 6.22. The highest BCUT2D eigenvalue weighted by molar-refractivity contribution is 5.92. The first-order chi connectivity index (χ1) is 13.5. The molecular weight excluding hydrogens is 352 g/mol. The maximum Gasteiger partial charge on any atom is 0.270 e. The lowest BCUT2D eigenvalue weighted by atomic mass is 10.1. The molecule has 1 heterocycles. The normalized spacial score (nSPS) is 10.4. The summed E-state index contributed by atoms with van der Waals surface area (Å²) in [4.78, 5) is 21.3. The van der Waals surface area contributed by atoms with E-state index in [1.165, 1.54) is 5.56 Å². The highest BCUT2D eigenvalue weighted by Crippen LogP contribution is 2.12. The summed E-state index contributed by atoms with van der Waals surface area (Å²) < 4.78 is 5.14. The number of benzene rings is 2. The van der Waals surface area contributed by atoms with Crippen molar-refractivity contribution >= 4 is 11.9 Å². The molecule has 1 amide bonds. The van der Waals surface area contributed by atoms with Gasteiger partial charge in [-0.2, -0.15) is 0 Å². The molecule has 0 radical (unpaired) electrons. The van der Waals surface area contributed by atoms with E-state index in [0.717, 1.165) is 22.6 Å². The van der Waals surface area contributed by atoms with Crippen molar-refractivity contribution in [3.8, 4) is 5.75 Å². The molecule has 0 fully saturated rings. The molecule has 0 bridgehead atoms. The number of carbonyl (C=O) groups excluding carboxylic acids is 1. The number of methoxy groups -OCH3 is 1. The smallest absolute Gasteiger partial charge is 0.270 e. The van der Waals surface area contributed by atoms with Crippen LogP contribution in [-0.2, 0) is 13.1 Å². The molecule has 0 aliphatic rings. The lowest BCUT2D eigenvalue weighted by Crippen LogP contribution is -2.24. The minimum Gasteiger partial charge on any atom is -0.497 e. The molecule has 6 nitrogen and oxygen atoms in total. The van der Waals surface area contributed by atoms with Crippen molar-refractivity contribution in [2.45, 2.75) is 26.9 Å². The number of rotatable bonds is 7. The number of nitrogens with one attached hydrogen (secondary N) is 2. The number of anilines is 1. The van der Waals surface area contributed by atoms with Gasteiger partial charge in [0.15, 0.2) is 0 Å². The first-order valence-electron chi connectivity index (χ1n) is 9.10. The average molecular weight is 376 g/mol. The van der Waals surface area contributed by atoms with Gasteiger partial charge in [0.1, 0.15) is 11.4 Å². The molecule has 3 aromatic rings. The maximum absolute atomic E-state index is 12.5. The van der Waals surface area contributed by atoms with Crippen LogP contribution in [0.4, 0.5) is 5.95 Å². The molecule has 3 rings (SSSR count). The van der Waals surface area contributed by atoms with Gasteiger partial charge in [-0.15, -0.1) is 0 Å². The molecule has 0 unspecified atom stereocenters. The van der Waals surface area contributed by atoms with Crippen molar-refractivity contribution in [2.75, 3.05) is 12.4 Å². The number of nitrogens with zero attached hydrogens (tertiary/aromatic N) is 2. The van der Waals surface area contributed by atoms with Crippen LogP contribution in [0.2, 0.25) is 0 Å². The standard InChI is InChI=1S/C22H24N4O2/c1-15-6-4-5-7-18(15)14-24-22-25-16(2)12-20(26-22)21(27)23-13-17-8-10-19(28-3)11-9-17/h4-12H,13-14H2,1-3H3,(H,23,27)(H,24,25,26). The van der Waals surface area contributed by atoms with Crippen LogP contribution in [0, 0.1) is 13.8 Å². The van der Waals surface area contributed by atoms with E-state index in [9.17, 15) is 4.79 Å². The molecule has 28 heavy (non-hydrogen) atoms. The minimum atomic E-state index is -0.236. The van der Waals surface area contributed by atoms with Crippen molar-refractivity contribution in [1.82, 2.24) is 15.3 Å². The summed E-state index contributed by atoms with van der Waals surface area (Å²) in [6, 6.07) is 17.4. The number of carbonyl (C=O) groups is 1. The number of hydrogen-bond acceptors (Lipinski definition) is 5. The van der Waals surface area contributed by atoms with E-state index < -0.39 is 0 Å². The molecule has 0 spiro atoms. The first-order valence-corrected chi connectivity index (χ1v) is 9.10. The number of hydrogen-bond donors (Lipinski definition) is 2. The van der Waals surface area contributed by atoms with Crippen molar-refractivity contribution in [1.29, 1.82) is 0 Å². The Morgan fingerprint density at radius 2 is 1.75 bits per heavy atom. The van der Waals surface area contributed by atoms with Crippen LogP contribution >= 0.6 is 0 Å². The predicted molar refractivity (Wildman–Crippen MR) is 109 cm³/mol. The molecular formula is C22H24N4O2. The molecule has 2 N–H and O–H groups in total. The third kappa shape index (κ3) is 5.07. The van der Waals surface area contributed by atoms with Crippen molar-refractivity contribution in [3.63, 3.8) is 0 Å². The van der Waals surface area contributed by atoms with Gasteiger partial charge >= 0.3 is 0 Å². The van der Waals surface area contributed by atoms with Gasteiger partial charge < -0.3 is 15.4 Å². The summed E-state index contributed by atoms with van der Waals surface area (Å²) in [6.45, 7) is 4.92. The minimum absolute atomic E-state index is 0.236. The summed E-state index contributed by atoms with van der Waals surface area (Å²) >= 11 is 0. The number of aromatic nitrogens is 2. The van der Waals surface area contributed by atoms with Gasteiger partial charge in [0.25, 0.3) is 5.91 Å². The Morgan fingerprint density at radius 3 is 2.46 bits per heavy atom. The average Bonchev–Trinajstić information content (AvgIpc) is 2.71. The Morgan fingerprint density at radius 1 is 1.00 bits per heavy atom. The Balaban J connectivity index is 1.64. The maximum atomic E-state index is 12.5. The van der Waals surface area contributed by atoms with Crippen LogP contribution < -0.4 is 15.4 Å². The Labute approximate surface area is 165 Å². The summed E-state index contributed by atoms with van der Waals surface area (Å²) in [6.07, 6.45) is 0. The summed E-state index contributed by atoms with van der Waals surface area (Å²) in [5.41, 5.74) is 4.42. The Hall–Kier alpha value is -3.41. The van der Waals surface area contributed by atoms with E-state index in [1.54, 1.807) is 13.2 Å². The van der Waals surface area contributed by atoms with Gasteiger partial charge in [0.2, 0.25) is 5.95 Å². The van der Waals surface area contributed by atoms with E-state index in [1.807, 2.05) is 43.3 Å². The molecule has 0 atom stereocenters. The predicted octanol–water partition coefficient (Wildman–Crippen LogP) is 3.64. The van der Waals surface area contributed by atoms with Crippen LogP contribution in [-0.4, -0.2) is 23.0 Å². The molecule has 0 saturated carbocycles. The summed E-state index contributed by atoms with van der Waals surface area (Å²) in [7, 11) is 1.62. The molecule has 1 aromatic heterocycles. The zero-order valence-electron chi connectivity index (χ0n) is 16.3. The van der Waals surface area contributed by atoms with E-state index >= 15 is 0 Å². The quantitative estimate of drug-likeness (QED) is 0.658. The van der Waals surface area contributed by atoms with Crippen LogP contribution in [0.25, 0.3) is 0 Å². The molecule has 0 saturated heterocycles. The van der Waals surface area contributed by atoms with Crippen molar-refractivity contribution in [2.24, 2.45) is 0 Å². The second-order valence-corrected chi connectivity index (χ2v) is 6.53. The second-order valence-electron chi connectivity index (χ2n) is 6.53. The van der Waals surface area contributed by atoms with Gasteiger partial charge in [-0.3, -0.25) is 4.79 Å². The SMILES string of the molecule is COc1ccc(CNC(=O)c2cc(C)nc(NCc3ccccc3C)n2)cc1. The fourth-order valence-electron chi connectivity index (χ4n) is 2.76. The van der Waals surface area contributed by atoms with Gasteiger partial charge in [-0.1, -0.05) is 36.4 Å².